The van der Waals surface area contributed by atoms with Crippen LogP contribution in [0.15, 0.2) is 84.9 Å². The molecule has 0 saturated heterocycles. The second kappa shape index (κ2) is 10.2. The van der Waals surface area contributed by atoms with Crippen molar-refractivity contribution in [2.24, 2.45) is 0 Å². The predicted octanol–water partition coefficient (Wildman–Crippen LogP) is 7.30. The normalized spacial score (nSPS) is 11.2. The number of aryl methyl sites for hydroxylation is 1. The van der Waals surface area contributed by atoms with Gasteiger partial charge in [-0.05, 0) is 69.4 Å². The second-order valence-corrected chi connectivity index (χ2v) is 9.02. The van der Waals surface area contributed by atoms with Gasteiger partial charge in [-0.25, -0.2) is 0 Å². The molecule has 0 atom stereocenters. The molecule has 3 aromatic carbocycles. The van der Waals surface area contributed by atoms with Crippen molar-refractivity contribution in [1.29, 1.82) is 0 Å². The van der Waals surface area contributed by atoms with Gasteiger partial charge in [-0.2, -0.15) is 0 Å². The number of hydrogen-bond acceptors (Lipinski definition) is 2. The Balaban J connectivity index is 1.76. The van der Waals surface area contributed by atoms with Crippen molar-refractivity contribution in [3.63, 3.8) is 0 Å². The molecule has 1 heterocycles. The maximum Gasteiger partial charge on any atom is 0.162 e. The van der Waals surface area contributed by atoms with Crippen LogP contribution < -0.4 is 0 Å². The summed E-state index contributed by atoms with van der Waals surface area (Å²) in [6.07, 6.45) is 1.35. The maximum atomic E-state index is 12.7. The summed E-state index contributed by atoms with van der Waals surface area (Å²) in [5, 5.41) is 0.584. The summed E-state index contributed by atoms with van der Waals surface area (Å²) in [4.78, 5) is 14.8. The van der Waals surface area contributed by atoms with E-state index in [1.54, 1.807) is 0 Å². The van der Waals surface area contributed by atoms with Crippen LogP contribution in [-0.4, -0.2) is 35.9 Å². The van der Waals surface area contributed by atoms with Gasteiger partial charge in [0, 0.05) is 23.2 Å². The lowest BCUT2D eigenvalue weighted by Gasteiger charge is -2.17. The lowest BCUT2D eigenvalue weighted by Crippen LogP contribution is -2.14. The standard InChI is InChI=1S/C29H29ClN2O/c1-21-10-7-8-13-26(21)32-27(22-11-5-4-6-12-22)17-18-28(32)24-16-15-23(20-25(24)30)29(33)14-9-19-31(2)3/h4-8,10-13,15-18,20H,9,14,19H2,1-3H3. The number of carbonyl (C=O) groups is 1. The van der Waals surface area contributed by atoms with Gasteiger partial charge < -0.3 is 9.47 Å². The van der Waals surface area contributed by atoms with Crippen LogP contribution in [0, 0.1) is 6.92 Å². The largest absolute Gasteiger partial charge is 0.309 e. The fraction of sp³-hybridized carbons (Fsp3) is 0.207. The smallest absolute Gasteiger partial charge is 0.162 e. The van der Waals surface area contributed by atoms with E-state index in [2.05, 4.69) is 58.9 Å². The molecule has 3 nitrogen and oxygen atoms in total. The topological polar surface area (TPSA) is 25.2 Å². The van der Waals surface area contributed by atoms with E-state index in [0.29, 0.717) is 17.0 Å². The third-order valence-corrected chi connectivity index (χ3v) is 6.20. The van der Waals surface area contributed by atoms with Crippen LogP contribution in [0.3, 0.4) is 0 Å². The molecule has 0 aliphatic carbocycles. The number of rotatable bonds is 8. The summed E-state index contributed by atoms with van der Waals surface area (Å²) < 4.78 is 2.25. The van der Waals surface area contributed by atoms with Crippen molar-refractivity contribution < 1.29 is 4.79 Å². The molecule has 4 aromatic rings. The molecule has 33 heavy (non-hydrogen) atoms. The molecule has 0 spiro atoms. The fourth-order valence-corrected chi connectivity index (χ4v) is 4.43. The third kappa shape index (κ3) is 5.11. The Morgan fingerprint density at radius 2 is 1.58 bits per heavy atom. The van der Waals surface area contributed by atoms with E-state index in [1.165, 1.54) is 5.56 Å². The Morgan fingerprint density at radius 1 is 0.879 bits per heavy atom. The first-order valence-electron chi connectivity index (χ1n) is 11.3. The molecular weight excluding hydrogens is 428 g/mol. The predicted molar refractivity (Wildman–Crippen MR) is 139 cm³/mol. The number of halogens is 1. The van der Waals surface area contributed by atoms with Crippen LogP contribution in [0.4, 0.5) is 0 Å². The summed E-state index contributed by atoms with van der Waals surface area (Å²) in [6, 6.07) is 28.6. The highest BCUT2D eigenvalue weighted by Crippen LogP contribution is 2.37. The van der Waals surface area contributed by atoms with Crippen LogP contribution in [0.5, 0.6) is 0 Å². The molecular formula is C29H29ClN2O. The highest BCUT2D eigenvalue weighted by atomic mass is 35.5. The molecule has 0 N–H and O–H groups in total. The molecule has 0 unspecified atom stereocenters. The number of ketones is 1. The van der Waals surface area contributed by atoms with Gasteiger partial charge in [0.25, 0.3) is 0 Å². The number of Topliss-reactive ketones (excluding diaryl/α,β-unsaturated/α-hetero) is 1. The number of para-hydroxylation sites is 1. The van der Waals surface area contributed by atoms with Crippen LogP contribution in [0.25, 0.3) is 28.2 Å². The zero-order valence-electron chi connectivity index (χ0n) is 19.4. The van der Waals surface area contributed by atoms with Crippen molar-refractivity contribution >= 4 is 17.4 Å². The lowest BCUT2D eigenvalue weighted by molar-refractivity contribution is 0.0977. The molecule has 1 aromatic heterocycles. The summed E-state index contributed by atoms with van der Waals surface area (Å²) >= 11 is 6.77. The van der Waals surface area contributed by atoms with Gasteiger partial charge in [0.2, 0.25) is 0 Å². The monoisotopic (exact) mass is 456 g/mol. The SMILES string of the molecule is Cc1ccccc1-n1c(-c2ccccc2)ccc1-c1ccc(C(=O)CCCN(C)C)cc1Cl. The lowest BCUT2D eigenvalue weighted by atomic mass is 10.0. The van der Waals surface area contributed by atoms with Crippen molar-refractivity contribution in [1.82, 2.24) is 9.47 Å². The van der Waals surface area contributed by atoms with Gasteiger partial charge in [-0.15, -0.1) is 0 Å². The quantitative estimate of drug-likeness (QED) is 0.260. The van der Waals surface area contributed by atoms with Gasteiger partial charge in [0.15, 0.2) is 5.78 Å². The Labute approximate surface area is 201 Å². The average molecular weight is 457 g/mol. The molecule has 4 heteroatoms. The van der Waals surface area contributed by atoms with Crippen molar-refractivity contribution in [2.45, 2.75) is 19.8 Å². The van der Waals surface area contributed by atoms with E-state index < -0.39 is 0 Å². The molecule has 0 radical (unpaired) electrons. The Hall–Kier alpha value is -3.14. The number of hydrogen-bond donors (Lipinski definition) is 0. The first-order chi connectivity index (χ1) is 16.0. The van der Waals surface area contributed by atoms with Crippen LogP contribution in [0.2, 0.25) is 5.02 Å². The van der Waals surface area contributed by atoms with Gasteiger partial charge in [0.1, 0.15) is 0 Å². The first-order valence-corrected chi connectivity index (χ1v) is 11.6. The number of benzene rings is 3. The Morgan fingerprint density at radius 3 is 2.27 bits per heavy atom. The molecule has 0 bridgehead atoms. The van der Waals surface area contributed by atoms with Gasteiger partial charge in [-0.1, -0.05) is 72.3 Å². The number of carbonyl (C=O) groups excluding carboxylic acids is 1. The summed E-state index contributed by atoms with van der Waals surface area (Å²) in [5.74, 6) is 0.129. The van der Waals surface area contributed by atoms with Crippen LogP contribution in [0.1, 0.15) is 28.8 Å². The van der Waals surface area contributed by atoms with Crippen molar-refractivity contribution in [2.75, 3.05) is 20.6 Å². The average Bonchev–Trinajstić information content (AvgIpc) is 3.24. The second-order valence-electron chi connectivity index (χ2n) is 8.62. The molecule has 0 aliphatic heterocycles. The highest BCUT2D eigenvalue weighted by Gasteiger charge is 2.18. The minimum absolute atomic E-state index is 0.129. The maximum absolute atomic E-state index is 12.7. The van der Waals surface area contributed by atoms with E-state index in [-0.39, 0.29) is 5.78 Å². The molecule has 4 rings (SSSR count). The van der Waals surface area contributed by atoms with Crippen molar-refractivity contribution in [3.8, 4) is 28.2 Å². The van der Waals surface area contributed by atoms with E-state index in [1.807, 2.05) is 56.6 Å². The van der Waals surface area contributed by atoms with E-state index >= 15 is 0 Å². The van der Waals surface area contributed by atoms with E-state index in [9.17, 15) is 4.79 Å². The minimum atomic E-state index is 0.129. The van der Waals surface area contributed by atoms with Crippen molar-refractivity contribution in [3.05, 3.63) is 101 Å². The molecule has 0 fully saturated rings. The minimum Gasteiger partial charge on any atom is -0.309 e. The molecule has 0 amide bonds. The number of aromatic nitrogens is 1. The third-order valence-electron chi connectivity index (χ3n) is 5.88. The first kappa shape index (κ1) is 23.0. The van der Waals surface area contributed by atoms with E-state index in [4.69, 9.17) is 11.6 Å². The molecule has 0 saturated carbocycles. The molecule has 168 valence electrons. The fourth-order valence-electron chi connectivity index (χ4n) is 4.15. The highest BCUT2D eigenvalue weighted by molar-refractivity contribution is 6.33. The summed E-state index contributed by atoms with van der Waals surface area (Å²) in [7, 11) is 4.03. The van der Waals surface area contributed by atoms with Gasteiger partial charge in [-0.3, -0.25) is 4.79 Å². The Kier molecular flexibility index (Phi) is 7.12. The van der Waals surface area contributed by atoms with Gasteiger partial charge >= 0.3 is 0 Å². The zero-order valence-corrected chi connectivity index (χ0v) is 20.1. The van der Waals surface area contributed by atoms with Gasteiger partial charge in [0.05, 0.1) is 16.4 Å². The van der Waals surface area contributed by atoms with Crippen LogP contribution >= 0.6 is 11.6 Å². The van der Waals surface area contributed by atoms with Crippen LogP contribution in [-0.2, 0) is 0 Å². The van der Waals surface area contributed by atoms with E-state index in [0.717, 1.165) is 41.2 Å². The zero-order chi connectivity index (χ0) is 23.4. The molecule has 0 aliphatic rings. The summed E-state index contributed by atoms with van der Waals surface area (Å²) in [6.45, 7) is 3.01. The Bertz CT molecular complexity index is 1260. The summed E-state index contributed by atoms with van der Waals surface area (Å²) in [5.41, 5.74) is 7.09. The number of nitrogens with zero attached hydrogens (tertiary/aromatic N) is 2.